The lowest BCUT2D eigenvalue weighted by Crippen LogP contribution is -2.67. The third kappa shape index (κ3) is 2.71. The molecule has 1 heterocycles. The highest BCUT2D eigenvalue weighted by Crippen LogP contribution is 2.25. The van der Waals surface area contributed by atoms with E-state index in [-0.39, 0.29) is 30.0 Å². The normalized spacial score (nSPS) is 17.4. The molecule has 20 heavy (non-hydrogen) atoms. The second-order valence-electron chi connectivity index (χ2n) is 5.46. The van der Waals surface area contributed by atoms with E-state index < -0.39 is 0 Å². The van der Waals surface area contributed by atoms with Gasteiger partial charge < -0.3 is 5.11 Å². The van der Waals surface area contributed by atoms with Crippen molar-refractivity contribution in [1.82, 2.24) is 20.9 Å². The van der Waals surface area contributed by atoms with Gasteiger partial charge in [0, 0.05) is 17.6 Å². The minimum absolute atomic E-state index is 0.0132. The van der Waals surface area contributed by atoms with Crippen LogP contribution in [0.15, 0.2) is 24.3 Å². The maximum atomic E-state index is 12.3. The summed E-state index contributed by atoms with van der Waals surface area (Å²) in [7, 11) is 0. The molecule has 0 saturated carbocycles. The number of benzene rings is 1. The number of hydrogen-bond acceptors (Lipinski definition) is 4. The first-order chi connectivity index (χ1) is 9.41. The van der Waals surface area contributed by atoms with Crippen LogP contribution in [0.2, 0.25) is 0 Å². The number of para-hydroxylation sites is 1. The Morgan fingerprint density at radius 3 is 2.00 bits per heavy atom. The Bertz CT molecular complexity index is 470. The quantitative estimate of drug-likeness (QED) is 0.790. The number of rotatable bonds is 3. The number of phenolic OH excluding ortho intramolecular Hbond substituents is 1. The summed E-state index contributed by atoms with van der Waals surface area (Å²) in [4.78, 5) is 12.3. The van der Waals surface area contributed by atoms with Crippen LogP contribution in [0, 0.1) is 0 Å². The van der Waals surface area contributed by atoms with Gasteiger partial charge >= 0.3 is 6.03 Å². The predicted octanol–water partition coefficient (Wildman–Crippen LogP) is 1.95. The van der Waals surface area contributed by atoms with Gasteiger partial charge in [0.2, 0.25) is 0 Å². The maximum Gasteiger partial charge on any atom is 0.349 e. The molecule has 1 aromatic rings. The molecule has 0 aliphatic carbocycles. The van der Waals surface area contributed by atoms with Crippen molar-refractivity contribution in [2.24, 2.45) is 0 Å². The van der Waals surface area contributed by atoms with Crippen LogP contribution >= 0.6 is 0 Å². The molecule has 1 aliphatic heterocycles. The van der Waals surface area contributed by atoms with Gasteiger partial charge in [-0.2, -0.15) is 0 Å². The molecule has 6 heteroatoms. The first-order valence-electron chi connectivity index (χ1n) is 6.84. The lowest BCUT2D eigenvalue weighted by Gasteiger charge is -2.44. The lowest BCUT2D eigenvalue weighted by atomic mass is 10.1. The molecule has 2 amide bonds. The van der Waals surface area contributed by atoms with Gasteiger partial charge in [0.1, 0.15) is 11.9 Å². The first-order valence-corrected chi connectivity index (χ1v) is 6.84. The van der Waals surface area contributed by atoms with E-state index in [9.17, 15) is 9.90 Å². The molecule has 3 N–H and O–H groups in total. The first kappa shape index (κ1) is 14.6. The molecular formula is C14H22N4O2. The molecule has 0 radical (unpaired) electrons. The van der Waals surface area contributed by atoms with E-state index in [2.05, 4.69) is 10.9 Å². The summed E-state index contributed by atoms with van der Waals surface area (Å²) >= 11 is 0. The zero-order valence-electron chi connectivity index (χ0n) is 12.3. The number of phenols is 1. The summed E-state index contributed by atoms with van der Waals surface area (Å²) in [5.41, 5.74) is 6.94. The van der Waals surface area contributed by atoms with E-state index in [1.807, 2.05) is 39.8 Å². The van der Waals surface area contributed by atoms with Crippen LogP contribution in [0.5, 0.6) is 5.75 Å². The summed E-state index contributed by atoms with van der Waals surface area (Å²) in [6.45, 7) is 7.76. The minimum atomic E-state index is -0.348. The summed E-state index contributed by atoms with van der Waals surface area (Å²) in [5, 5.41) is 13.1. The smallest absolute Gasteiger partial charge is 0.349 e. The topological polar surface area (TPSA) is 67.8 Å². The summed E-state index contributed by atoms with van der Waals surface area (Å²) in [5.74, 6) is 0.194. The third-order valence-electron chi connectivity index (χ3n) is 3.23. The zero-order chi connectivity index (χ0) is 14.9. The molecule has 1 aromatic carbocycles. The van der Waals surface area contributed by atoms with Gasteiger partial charge in [-0.25, -0.2) is 15.6 Å². The van der Waals surface area contributed by atoms with Crippen molar-refractivity contribution in [1.29, 1.82) is 0 Å². The number of hydrazine groups is 2. The Labute approximate surface area is 119 Å². The predicted molar refractivity (Wildman–Crippen MR) is 76.5 cm³/mol. The fourth-order valence-electron chi connectivity index (χ4n) is 2.14. The number of aromatic hydroxyl groups is 1. The fourth-order valence-corrected chi connectivity index (χ4v) is 2.14. The average Bonchev–Trinajstić information content (AvgIpc) is 2.39. The summed E-state index contributed by atoms with van der Waals surface area (Å²) in [6.07, 6.45) is -0.348. The molecule has 0 spiro atoms. The van der Waals surface area contributed by atoms with Crippen molar-refractivity contribution < 1.29 is 9.90 Å². The van der Waals surface area contributed by atoms with Crippen LogP contribution in [0.3, 0.4) is 0 Å². The van der Waals surface area contributed by atoms with Crippen LogP contribution in [0.1, 0.15) is 39.4 Å². The van der Waals surface area contributed by atoms with Crippen molar-refractivity contribution in [3.05, 3.63) is 29.8 Å². The Kier molecular flexibility index (Phi) is 4.15. The summed E-state index contributed by atoms with van der Waals surface area (Å²) in [6, 6.07) is 6.99. The van der Waals surface area contributed by atoms with Gasteiger partial charge in [0.05, 0.1) is 0 Å². The molecule has 0 bridgehead atoms. The molecule has 1 saturated heterocycles. The number of hydrogen-bond donors (Lipinski definition) is 3. The number of carbonyl (C=O) groups is 1. The fraction of sp³-hybridized carbons (Fsp3) is 0.500. The van der Waals surface area contributed by atoms with Crippen molar-refractivity contribution in [3.63, 3.8) is 0 Å². The number of nitrogens with zero attached hydrogens (tertiary/aromatic N) is 2. The molecule has 6 nitrogen and oxygen atoms in total. The molecule has 1 aliphatic rings. The van der Waals surface area contributed by atoms with Gasteiger partial charge in [-0.3, -0.25) is 10.0 Å². The third-order valence-corrected chi connectivity index (χ3v) is 3.23. The number of carbonyl (C=O) groups excluding carboxylic acids is 1. The monoisotopic (exact) mass is 278 g/mol. The molecule has 1 fully saturated rings. The maximum absolute atomic E-state index is 12.3. The highest BCUT2D eigenvalue weighted by atomic mass is 16.3. The molecule has 0 unspecified atom stereocenters. The Morgan fingerprint density at radius 2 is 1.55 bits per heavy atom. The minimum Gasteiger partial charge on any atom is -0.508 e. The van der Waals surface area contributed by atoms with E-state index >= 15 is 0 Å². The van der Waals surface area contributed by atoms with E-state index in [0.717, 1.165) is 0 Å². The Balaban J connectivity index is 2.31. The van der Waals surface area contributed by atoms with Crippen LogP contribution in [-0.4, -0.2) is 33.2 Å². The van der Waals surface area contributed by atoms with Crippen molar-refractivity contribution in [3.8, 4) is 5.75 Å². The van der Waals surface area contributed by atoms with Gasteiger partial charge in [-0.1, -0.05) is 18.2 Å². The zero-order valence-corrected chi connectivity index (χ0v) is 12.3. The number of amides is 2. The Morgan fingerprint density at radius 1 is 1.05 bits per heavy atom. The summed E-state index contributed by atoms with van der Waals surface area (Å²) < 4.78 is 0. The van der Waals surface area contributed by atoms with Gasteiger partial charge in [0.25, 0.3) is 0 Å². The molecule has 0 aromatic heterocycles. The molecular weight excluding hydrogens is 256 g/mol. The SMILES string of the molecule is CC(C)N1NC(c2ccccc2O)NN(C(C)C)C1=O. The van der Waals surface area contributed by atoms with E-state index in [4.69, 9.17) is 0 Å². The van der Waals surface area contributed by atoms with Crippen molar-refractivity contribution in [2.75, 3.05) is 0 Å². The highest BCUT2D eigenvalue weighted by Gasteiger charge is 2.35. The molecule has 2 rings (SSSR count). The lowest BCUT2D eigenvalue weighted by molar-refractivity contribution is 0.00319. The van der Waals surface area contributed by atoms with Gasteiger partial charge in [-0.15, -0.1) is 0 Å². The van der Waals surface area contributed by atoms with E-state index in [1.54, 1.807) is 22.2 Å². The van der Waals surface area contributed by atoms with Crippen molar-refractivity contribution >= 4 is 6.03 Å². The van der Waals surface area contributed by atoms with E-state index in [0.29, 0.717) is 5.56 Å². The largest absolute Gasteiger partial charge is 0.508 e. The molecule has 0 atom stereocenters. The van der Waals surface area contributed by atoms with Crippen LogP contribution in [-0.2, 0) is 0 Å². The van der Waals surface area contributed by atoms with Gasteiger partial charge in [0.15, 0.2) is 0 Å². The van der Waals surface area contributed by atoms with E-state index in [1.165, 1.54) is 0 Å². The van der Waals surface area contributed by atoms with Gasteiger partial charge in [-0.05, 0) is 33.8 Å². The van der Waals surface area contributed by atoms with Crippen molar-refractivity contribution in [2.45, 2.75) is 45.9 Å². The second-order valence-corrected chi connectivity index (χ2v) is 5.46. The standard InChI is InChI=1S/C14H22N4O2/c1-9(2)17-14(20)18(10(3)4)16-13(15-17)11-7-5-6-8-12(11)19/h5-10,13,15-16,19H,1-4H3. The Hall–Kier alpha value is -1.79. The van der Waals surface area contributed by atoms with Crippen LogP contribution in [0.4, 0.5) is 4.79 Å². The van der Waals surface area contributed by atoms with Crippen LogP contribution < -0.4 is 10.9 Å². The van der Waals surface area contributed by atoms with Crippen LogP contribution in [0.25, 0.3) is 0 Å². The molecule has 110 valence electrons. The highest BCUT2D eigenvalue weighted by molar-refractivity contribution is 5.74. The second kappa shape index (κ2) is 5.68. The average molecular weight is 278 g/mol. The number of urea groups is 1. The number of nitrogens with one attached hydrogen (secondary N) is 2.